The maximum absolute atomic E-state index is 11.8. The summed E-state index contributed by atoms with van der Waals surface area (Å²) < 4.78 is 17.2. The number of aromatic nitrogens is 1. The van der Waals surface area contributed by atoms with Gasteiger partial charge in [0.2, 0.25) is 5.52 Å². The van der Waals surface area contributed by atoms with Crippen LogP contribution in [0.1, 0.15) is 0 Å². The second-order valence-electron chi connectivity index (χ2n) is 4.94. The lowest BCUT2D eigenvalue weighted by Crippen LogP contribution is -2.25. The molecule has 0 aliphatic carbocycles. The summed E-state index contributed by atoms with van der Waals surface area (Å²) in [5.74, 6) is 2.07. The molecule has 0 atom stereocenters. The van der Waals surface area contributed by atoms with Gasteiger partial charge in [0.25, 0.3) is 0 Å². The Morgan fingerprint density at radius 1 is 0.913 bits per heavy atom. The molecule has 2 aromatic carbocycles. The quantitative estimate of drug-likeness (QED) is 0.398. The van der Waals surface area contributed by atoms with Gasteiger partial charge in [-0.25, -0.2) is 0 Å². The molecule has 3 rings (SSSR count). The van der Waals surface area contributed by atoms with E-state index in [4.69, 9.17) is 14.2 Å². The van der Waals surface area contributed by atoms with E-state index >= 15 is 0 Å². The molecule has 23 heavy (non-hydrogen) atoms. The fraction of sp³-hybridized carbons (Fsp3) is 0.167. The van der Waals surface area contributed by atoms with Crippen molar-refractivity contribution in [2.75, 3.05) is 20.3 Å². The van der Waals surface area contributed by atoms with Gasteiger partial charge >= 0.3 is 0 Å². The molecule has 0 aliphatic rings. The van der Waals surface area contributed by atoms with E-state index < -0.39 is 0 Å². The summed E-state index contributed by atoms with van der Waals surface area (Å²) in [7, 11) is 1.63. The second kappa shape index (κ2) is 6.98. The third-order valence-corrected chi connectivity index (χ3v) is 3.37. The Hall–Kier alpha value is -2.79. The highest BCUT2D eigenvalue weighted by Gasteiger charge is 2.09. The molecule has 5 heteroatoms. The number of fused-ring (bicyclic) bond motifs is 1. The first-order valence-corrected chi connectivity index (χ1v) is 7.28. The van der Waals surface area contributed by atoms with E-state index in [-0.39, 0.29) is 0 Å². The molecule has 1 aromatic heterocycles. The van der Waals surface area contributed by atoms with Crippen LogP contribution in [-0.2, 0) is 4.74 Å². The third kappa shape index (κ3) is 3.52. The zero-order chi connectivity index (χ0) is 16.1. The number of benzene rings is 2. The largest absolute Gasteiger partial charge is 0.618 e. The summed E-state index contributed by atoms with van der Waals surface area (Å²) in [6.07, 6.45) is 1.47. The lowest BCUT2D eigenvalue weighted by atomic mass is 10.2. The Bertz CT molecular complexity index is 787. The van der Waals surface area contributed by atoms with Crippen molar-refractivity contribution in [3.05, 3.63) is 66.0 Å². The molecule has 0 saturated heterocycles. The van der Waals surface area contributed by atoms with Crippen LogP contribution >= 0.6 is 0 Å². The summed E-state index contributed by atoms with van der Waals surface area (Å²) >= 11 is 0. The predicted molar refractivity (Wildman–Crippen MR) is 86.8 cm³/mol. The molecule has 0 spiro atoms. The molecule has 0 N–H and O–H groups in total. The van der Waals surface area contributed by atoms with Crippen molar-refractivity contribution < 1.29 is 18.9 Å². The lowest BCUT2D eigenvalue weighted by Gasteiger charge is -2.10. The minimum absolute atomic E-state index is 0.503. The molecule has 0 radical (unpaired) electrons. The summed E-state index contributed by atoms with van der Waals surface area (Å²) in [5.41, 5.74) is 0.574. The number of rotatable bonds is 6. The van der Waals surface area contributed by atoms with Gasteiger partial charge in [-0.3, -0.25) is 0 Å². The van der Waals surface area contributed by atoms with Crippen LogP contribution in [0.5, 0.6) is 17.2 Å². The molecule has 0 unspecified atom stereocenters. The molecule has 1 heterocycles. The molecule has 0 bridgehead atoms. The fourth-order valence-electron chi connectivity index (χ4n) is 2.25. The highest BCUT2D eigenvalue weighted by molar-refractivity contribution is 5.82. The summed E-state index contributed by atoms with van der Waals surface area (Å²) in [6.45, 7) is 1.05. The van der Waals surface area contributed by atoms with Crippen molar-refractivity contribution in [2.24, 2.45) is 0 Å². The van der Waals surface area contributed by atoms with Gasteiger partial charge < -0.3 is 19.4 Å². The third-order valence-electron chi connectivity index (χ3n) is 3.37. The fourth-order valence-corrected chi connectivity index (χ4v) is 2.25. The zero-order valence-electron chi connectivity index (χ0n) is 12.8. The van der Waals surface area contributed by atoms with Gasteiger partial charge in [-0.05, 0) is 36.4 Å². The van der Waals surface area contributed by atoms with E-state index in [0.29, 0.717) is 30.2 Å². The summed E-state index contributed by atoms with van der Waals surface area (Å²) in [6, 6.07) is 16.3. The molecule has 0 amide bonds. The van der Waals surface area contributed by atoms with Gasteiger partial charge in [-0.1, -0.05) is 6.07 Å². The van der Waals surface area contributed by atoms with Gasteiger partial charge in [-0.2, -0.15) is 4.73 Å². The van der Waals surface area contributed by atoms with E-state index in [2.05, 4.69) is 0 Å². The molecule has 0 aliphatic heterocycles. The molecule has 0 saturated carbocycles. The van der Waals surface area contributed by atoms with Gasteiger partial charge in [-0.15, -0.1) is 0 Å². The molecular formula is C18H17NO4. The molecule has 0 fully saturated rings. The highest BCUT2D eigenvalue weighted by Crippen LogP contribution is 2.29. The average Bonchev–Trinajstić information content (AvgIpc) is 2.58. The average molecular weight is 311 g/mol. The SMILES string of the molecule is COCCOc1ccc(Oc2cccc3c2ccc[n+]3[O-])cc1. The van der Waals surface area contributed by atoms with Crippen molar-refractivity contribution in [1.82, 2.24) is 0 Å². The van der Waals surface area contributed by atoms with Crippen LogP contribution in [0, 0.1) is 5.21 Å². The van der Waals surface area contributed by atoms with Crippen LogP contribution in [-0.4, -0.2) is 20.3 Å². The monoisotopic (exact) mass is 311 g/mol. The minimum atomic E-state index is 0.503. The maximum atomic E-state index is 11.8. The van der Waals surface area contributed by atoms with Crippen molar-refractivity contribution in [3.63, 3.8) is 0 Å². The topological polar surface area (TPSA) is 54.6 Å². The van der Waals surface area contributed by atoms with Gasteiger partial charge in [0.1, 0.15) is 23.9 Å². The molecule has 3 aromatic rings. The Morgan fingerprint density at radius 2 is 1.70 bits per heavy atom. The van der Waals surface area contributed by atoms with E-state index in [1.54, 1.807) is 25.3 Å². The Balaban J connectivity index is 1.78. The first kappa shape index (κ1) is 15.1. The normalized spacial score (nSPS) is 10.7. The van der Waals surface area contributed by atoms with Crippen molar-refractivity contribution in [1.29, 1.82) is 0 Å². The maximum Gasteiger partial charge on any atom is 0.227 e. The molecular weight excluding hydrogens is 294 g/mol. The van der Waals surface area contributed by atoms with Crippen LogP contribution in [0.4, 0.5) is 0 Å². The zero-order valence-corrected chi connectivity index (χ0v) is 12.8. The Kier molecular flexibility index (Phi) is 4.59. The van der Waals surface area contributed by atoms with E-state index in [1.165, 1.54) is 6.20 Å². The van der Waals surface area contributed by atoms with Crippen LogP contribution in [0.15, 0.2) is 60.8 Å². The van der Waals surface area contributed by atoms with E-state index in [9.17, 15) is 5.21 Å². The van der Waals surface area contributed by atoms with Crippen molar-refractivity contribution >= 4 is 10.9 Å². The first-order chi connectivity index (χ1) is 11.3. The standard InChI is InChI=1S/C18H17NO4/c1-21-12-13-22-14-7-9-15(10-8-14)23-18-6-2-5-17-16(18)4-3-11-19(17)20/h2-11H,12-13H2,1H3. The number of hydrogen-bond donors (Lipinski definition) is 0. The van der Waals surface area contributed by atoms with E-state index in [1.807, 2.05) is 36.4 Å². The number of methoxy groups -OCH3 is 1. The number of pyridine rings is 1. The minimum Gasteiger partial charge on any atom is -0.618 e. The molecule has 5 nitrogen and oxygen atoms in total. The number of nitrogens with zero attached hydrogens (tertiary/aromatic N) is 1. The molecule has 118 valence electrons. The van der Waals surface area contributed by atoms with Gasteiger partial charge in [0, 0.05) is 19.2 Å². The van der Waals surface area contributed by atoms with E-state index in [0.717, 1.165) is 15.9 Å². The first-order valence-electron chi connectivity index (χ1n) is 7.28. The van der Waals surface area contributed by atoms with Crippen LogP contribution in [0.25, 0.3) is 10.9 Å². The van der Waals surface area contributed by atoms with Crippen molar-refractivity contribution in [2.45, 2.75) is 0 Å². The summed E-state index contributed by atoms with van der Waals surface area (Å²) in [4.78, 5) is 0. The Labute approximate surface area is 134 Å². The van der Waals surface area contributed by atoms with Crippen LogP contribution in [0.3, 0.4) is 0 Å². The smallest absolute Gasteiger partial charge is 0.227 e. The van der Waals surface area contributed by atoms with Crippen molar-refractivity contribution in [3.8, 4) is 17.2 Å². The predicted octanol–water partition coefficient (Wildman–Crippen LogP) is 3.29. The Morgan fingerprint density at radius 3 is 2.48 bits per heavy atom. The number of hydrogen-bond acceptors (Lipinski definition) is 4. The lowest BCUT2D eigenvalue weighted by molar-refractivity contribution is -0.577. The second-order valence-corrected chi connectivity index (χ2v) is 4.94. The van der Waals surface area contributed by atoms with Crippen LogP contribution < -0.4 is 14.2 Å². The number of ether oxygens (including phenoxy) is 3. The summed E-state index contributed by atoms with van der Waals surface area (Å²) in [5, 5.41) is 12.6. The van der Waals surface area contributed by atoms with Gasteiger partial charge in [0.05, 0.1) is 12.0 Å². The van der Waals surface area contributed by atoms with Crippen LogP contribution in [0.2, 0.25) is 0 Å². The highest BCUT2D eigenvalue weighted by atomic mass is 16.5. The van der Waals surface area contributed by atoms with Gasteiger partial charge in [0.15, 0.2) is 6.20 Å².